The lowest BCUT2D eigenvalue weighted by Crippen LogP contribution is -2.22. The van der Waals surface area contributed by atoms with Crippen molar-refractivity contribution >= 4 is 34.4 Å². The number of carbonyl (C=O) groups excluding carboxylic acids is 1. The van der Waals surface area contributed by atoms with Gasteiger partial charge < -0.3 is 10.1 Å². The molecule has 11 heteroatoms. The van der Waals surface area contributed by atoms with Crippen molar-refractivity contribution in [1.29, 1.82) is 0 Å². The van der Waals surface area contributed by atoms with E-state index in [1.165, 1.54) is 19.4 Å². The fourth-order valence-corrected chi connectivity index (χ4v) is 3.66. The van der Waals surface area contributed by atoms with Crippen molar-refractivity contribution < 1.29 is 18.3 Å². The van der Waals surface area contributed by atoms with Crippen molar-refractivity contribution in [2.45, 2.75) is 5.16 Å². The third-order valence-corrected chi connectivity index (χ3v) is 5.24. The Morgan fingerprint density at radius 2 is 2.06 bits per heavy atom. The molecule has 0 aliphatic rings. The second-order valence-electron chi connectivity index (χ2n) is 6.33. The molecule has 4 rings (SSSR count). The van der Waals surface area contributed by atoms with Crippen molar-refractivity contribution in [3.8, 4) is 11.4 Å². The number of nitrogens with zero attached hydrogens (tertiary/aromatic N) is 3. The predicted octanol–water partition coefficient (Wildman–Crippen LogP) is 3.13. The minimum Gasteiger partial charge on any atom is -0.497 e. The molecule has 2 aromatic carbocycles. The molecule has 2 heterocycles. The summed E-state index contributed by atoms with van der Waals surface area (Å²) in [7, 11) is 1.52. The van der Waals surface area contributed by atoms with Crippen LogP contribution in [-0.4, -0.2) is 38.5 Å². The number of hydrogen-bond acceptors (Lipinski definition) is 6. The van der Waals surface area contributed by atoms with Crippen LogP contribution in [0.2, 0.25) is 0 Å². The summed E-state index contributed by atoms with van der Waals surface area (Å²) in [6, 6.07) is 9.91. The molecular formula is C20H15F2N5O3S. The second-order valence-corrected chi connectivity index (χ2v) is 7.28. The van der Waals surface area contributed by atoms with E-state index in [0.717, 1.165) is 28.5 Å². The molecule has 0 radical (unpaired) electrons. The number of nitrogens with one attached hydrogen (secondary N) is 2. The summed E-state index contributed by atoms with van der Waals surface area (Å²) in [4.78, 5) is 29.7. The highest BCUT2D eigenvalue weighted by atomic mass is 32.2. The Balaban J connectivity index is 1.64. The normalized spacial score (nSPS) is 10.9. The van der Waals surface area contributed by atoms with E-state index < -0.39 is 17.2 Å². The molecule has 2 aromatic heterocycles. The van der Waals surface area contributed by atoms with Gasteiger partial charge in [-0.15, -0.1) is 0 Å². The van der Waals surface area contributed by atoms with Crippen molar-refractivity contribution in [3.05, 3.63) is 70.6 Å². The fourth-order valence-electron chi connectivity index (χ4n) is 2.85. The Morgan fingerprint density at radius 1 is 1.23 bits per heavy atom. The van der Waals surface area contributed by atoms with E-state index in [1.54, 1.807) is 24.3 Å². The quantitative estimate of drug-likeness (QED) is 0.351. The number of rotatable bonds is 6. The Hall–Kier alpha value is -3.73. The summed E-state index contributed by atoms with van der Waals surface area (Å²) in [5, 5.41) is 9.43. The van der Waals surface area contributed by atoms with Gasteiger partial charge in [-0.2, -0.15) is 5.10 Å². The van der Waals surface area contributed by atoms with E-state index in [0.29, 0.717) is 11.4 Å². The number of H-pyrrole nitrogens is 1. The lowest BCUT2D eigenvalue weighted by atomic mass is 10.3. The number of anilines is 1. The van der Waals surface area contributed by atoms with Crippen LogP contribution in [0.4, 0.5) is 14.5 Å². The highest BCUT2D eigenvalue weighted by molar-refractivity contribution is 7.99. The Labute approximate surface area is 178 Å². The lowest BCUT2D eigenvalue weighted by molar-refractivity contribution is -0.113. The van der Waals surface area contributed by atoms with Crippen LogP contribution in [0.1, 0.15) is 0 Å². The van der Waals surface area contributed by atoms with Crippen LogP contribution in [0, 0.1) is 11.6 Å². The largest absolute Gasteiger partial charge is 0.497 e. The van der Waals surface area contributed by atoms with Gasteiger partial charge in [0.15, 0.2) is 22.4 Å². The summed E-state index contributed by atoms with van der Waals surface area (Å²) in [6.45, 7) is 0. The zero-order valence-corrected chi connectivity index (χ0v) is 16.9. The van der Waals surface area contributed by atoms with Gasteiger partial charge in [-0.25, -0.2) is 13.8 Å². The van der Waals surface area contributed by atoms with Crippen LogP contribution in [0.5, 0.6) is 5.75 Å². The molecule has 0 aliphatic heterocycles. The molecule has 31 heavy (non-hydrogen) atoms. The molecule has 0 saturated heterocycles. The molecular weight excluding hydrogens is 428 g/mol. The molecule has 0 unspecified atom stereocenters. The maximum Gasteiger partial charge on any atom is 0.269 e. The number of halogens is 2. The summed E-state index contributed by atoms with van der Waals surface area (Å²) < 4.78 is 33.4. The highest BCUT2D eigenvalue weighted by Crippen LogP contribution is 2.23. The average Bonchev–Trinajstić information content (AvgIpc) is 3.24. The number of thioether (sulfide) groups is 1. The molecule has 0 fully saturated rings. The monoisotopic (exact) mass is 443 g/mol. The number of aromatic amines is 1. The summed E-state index contributed by atoms with van der Waals surface area (Å²) >= 11 is 0.966. The first-order chi connectivity index (χ1) is 15.0. The molecule has 0 aliphatic carbocycles. The number of benzene rings is 2. The van der Waals surface area contributed by atoms with Crippen LogP contribution in [-0.2, 0) is 4.79 Å². The summed E-state index contributed by atoms with van der Waals surface area (Å²) in [5.41, 5.74) is 0.315. The highest BCUT2D eigenvalue weighted by Gasteiger charge is 2.17. The Morgan fingerprint density at radius 3 is 2.84 bits per heavy atom. The smallest absolute Gasteiger partial charge is 0.269 e. The molecule has 0 spiro atoms. The van der Waals surface area contributed by atoms with E-state index >= 15 is 0 Å². The van der Waals surface area contributed by atoms with Gasteiger partial charge in [0.2, 0.25) is 5.91 Å². The number of hydrogen-bond donors (Lipinski definition) is 2. The van der Waals surface area contributed by atoms with Gasteiger partial charge in [0.05, 0.1) is 24.7 Å². The summed E-state index contributed by atoms with van der Waals surface area (Å²) in [6.07, 6.45) is 1.30. The van der Waals surface area contributed by atoms with Crippen LogP contribution < -0.4 is 15.6 Å². The van der Waals surface area contributed by atoms with Crippen molar-refractivity contribution in [3.63, 3.8) is 0 Å². The van der Waals surface area contributed by atoms with E-state index in [2.05, 4.69) is 20.5 Å². The molecule has 0 saturated carbocycles. The number of aromatic nitrogens is 4. The molecule has 1 amide bonds. The maximum atomic E-state index is 13.8. The minimum absolute atomic E-state index is 0.0789. The van der Waals surface area contributed by atoms with Gasteiger partial charge in [-0.05, 0) is 24.3 Å². The second kappa shape index (κ2) is 8.56. The van der Waals surface area contributed by atoms with Gasteiger partial charge in [0.1, 0.15) is 11.1 Å². The third-order valence-electron chi connectivity index (χ3n) is 4.30. The summed E-state index contributed by atoms with van der Waals surface area (Å²) in [5.74, 6) is -2.00. The number of ether oxygens (including phenoxy) is 1. The van der Waals surface area contributed by atoms with Crippen LogP contribution in [0.25, 0.3) is 16.7 Å². The van der Waals surface area contributed by atoms with E-state index in [9.17, 15) is 18.4 Å². The molecule has 158 valence electrons. The van der Waals surface area contributed by atoms with Crippen molar-refractivity contribution in [2.24, 2.45) is 0 Å². The van der Waals surface area contributed by atoms with E-state index in [1.807, 2.05) is 0 Å². The molecule has 8 nitrogen and oxygen atoms in total. The zero-order valence-electron chi connectivity index (χ0n) is 16.1. The van der Waals surface area contributed by atoms with Crippen LogP contribution >= 0.6 is 11.8 Å². The van der Waals surface area contributed by atoms with Gasteiger partial charge in [-0.1, -0.05) is 17.8 Å². The first-order valence-electron chi connectivity index (χ1n) is 8.94. The van der Waals surface area contributed by atoms with E-state index in [-0.39, 0.29) is 33.5 Å². The van der Waals surface area contributed by atoms with Gasteiger partial charge in [0.25, 0.3) is 5.56 Å². The van der Waals surface area contributed by atoms with Gasteiger partial charge >= 0.3 is 0 Å². The first kappa shape index (κ1) is 20.5. The topological polar surface area (TPSA) is 102 Å². The van der Waals surface area contributed by atoms with Gasteiger partial charge in [0, 0.05) is 17.8 Å². The molecule has 4 aromatic rings. The lowest BCUT2D eigenvalue weighted by Gasteiger charge is -2.12. The molecule has 0 atom stereocenters. The maximum absolute atomic E-state index is 13.8. The average molecular weight is 443 g/mol. The number of fused-ring (bicyclic) bond motifs is 1. The first-order valence-corrected chi connectivity index (χ1v) is 9.93. The Kier molecular flexibility index (Phi) is 5.67. The van der Waals surface area contributed by atoms with Gasteiger partial charge in [-0.3, -0.25) is 19.3 Å². The van der Waals surface area contributed by atoms with Crippen LogP contribution in [0.3, 0.4) is 0 Å². The van der Waals surface area contributed by atoms with Crippen molar-refractivity contribution in [1.82, 2.24) is 19.7 Å². The number of methoxy groups -OCH3 is 1. The molecule has 2 N–H and O–H groups in total. The SMILES string of the molecule is COc1cccc(NC(=O)CSc2nc3[nH]ncc3c(=O)n2-c2ccc(F)c(F)c2)c1. The number of amides is 1. The third kappa shape index (κ3) is 4.26. The molecule has 0 bridgehead atoms. The minimum atomic E-state index is -1.11. The standard InChI is InChI=1S/C20H15F2N5O3S/c1-30-13-4-2-3-11(7-13)24-17(28)10-31-20-25-18-14(9-23-26-18)19(29)27(20)12-5-6-15(21)16(22)8-12/h2-9H,10H2,1H3,(H,23,26)(H,24,28). The van der Waals surface area contributed by atoms with Crippen LogP contribution in [0.15, 0.2) is 58.6 Å². The predicted molar refractivity (Wildman–Crippen MR) is 112 cm³/mol. The Bertz CT molecular complexity index is 1340. The zero-order chi connectivity index (χ0) is 22.0. The number of carbonyl (C=O) groups is 1. The van der Waals surface area contributed by atoms with Crippen molar-refractivity contribution in [2.75, 3.05) is 18.2 Å². The van der Waals surface area contributed by atoms with E-state index in [4.69, 9.17) is 4.74 Å². The fraction of sp³-hybridized carbons (Fsp3) is 0.100.